The first-order valence-corrected chi connectivity index (χ1v) is 7.79. The number of esters is 1. The van der Waals surface area contributed by atoms with Crippen molar-refractivity contribution in [1.29, 1.82) is 0 Å². The topological polar surface area (TPSA) is 81.4 Å². The minimum absolute atomic E-state index is 0.0653. The van der Waals surface area contributed by atoms with Crippen LogP contribution in [-0.4, -0.2) is 30.6 Å². The summed E-state index contributed by atoms with van der Waals surface area (Å²) in [5.41, 5.74) is 4.94. The Morgan fingerprint density at radius 2 is 2.10 bits per heavy atom. The predicted octanol–water partition coefficient (Wildman–Crippen LogP) is 1.91. The summed E-state index contributed by atoms with van der Waals surface area (Å²) in [7, 11) is 1.34. The lowest BCUT2D eigenvalue weighted by Crippen LogP contribution is -2.53. The fourth-order valence-electron chi connectivity index (χ4n) is 2.88. The van der Waals surface area contributed by atoms with Crippen molar-refractivity contribution in [2.45, 2.75) is 64.0 Å². The lowest BCUT2D eigenvalue weighted by molar-refractivity contribution is -0.150. The Balaban J connectivity index is 2.60. The van der Waals surface area contributed by atoms with E-state index in [1.807, 2.05) is 6.08 Å². The minimum Gasteiger partial charge on any atom is -0.467 e. The van der Waals surface area contributed by atoms with Gasteiger partial charge in [-0.05, 0) is 38.0 Å². The van der Waals surface area contributed by atoms with Crippen LogP contribution < -0.4 is 11.1 Å². The second-order valence-corrected chi connectivity index (χ2v) is 5.83. The van der Waals surface area contributed by atoms with Crippen LogP contribution in [0.4, 0.5) is 0 Å². The van der Waals surface area contributed by atoms with E-state index in [4.69, 9.17) is 10.5 Å². The molecule has 1 fully saturated rings. The zero-order chi connectivity index (χ0) is 15.9. The third kappa shape index (κ3) is 4.84. The zero-order valence-electron chi connectivity index (χ0n) is 13.4. The summed E-state index contributed by atoms with van der Waals surface area (Å²) in [4.78, 5) is 24.1. The number of amides is 1. The number of ether oxygens (including phenoxy) is 1. The van der Waals surface area contributed by atoms with Gasteiger partial charge in [0.05, 0.1) is 7.11 Å². The molecule has 1 amide bonds. The van der Waals surface area contributed by atoms with Crippen molar-refractivity contribution in [2.75, 3.05) is 7.11 Å². The smallest absolute Gasteiger partial charge is 0.331 e. The molecule has 0 radical (unpaired) electrons. The van der Waals surface area contributed by atoms with E-state index in [0.717, 1.165) is 19.3 Å². The molecule has 0 bridgehead atoms. The maximum atomic E-state index is 12.1. The second kappa shape index (κ2) is 8.17. The van der Waals surface area contributed by atoms with Gasteiger partial charge in [0, 0.05) is 12.5 Å². The molecular formula is C16H28N2O3. The molecule has 0 aromatic heterocycles. The maximum Gasteiger partial charge on any atom is 0.331 e. The Bertz CT molecular complexity index is 391. The Kier molecular flexibility index (Phi) is 6.89. The number of hydrogen-bond acceptors (Lipinski definition) is 4. The average molecular weight is 296 g/mol. The zero-order valence-corrected chi connectivity index (χ0v) is 13.4. The first kappa shape index (κ1) is 17.7. The van der Waals surface area contributed by atoms with Crippen molar-refractivity contribution in [3.05, 3.63) is 12.2 Å². The summed E-state index contributed by atoms with van der Waals surface area (Å²) in [6, 6.07) is -0.0653. The summed E-state index contributed by atoms with van der Waals surface area (Å²) in [5.74, 6) is -0.0447. The molecule has 1 rings (SSSR count). The molecule has 1 aliphatic rings. The van der Waals surface area contributed by atoms with Crippen molar-refractivity contribution >= 4 is 11.9 Å². The van der Waals surface area contributed by atoms with Crippen molar-refractivity contribution < 1.29 is 14.3 Å². The van der Waals surface area contributed by atoms with Crippen molar-refractivity contribution in [3.63, 3.8) is 0 Å². The van der Waals surface area contributed by atoms with Crippen LogP contribution in [0.2, 0.25) is 0 Å². The first-order chi connectivity index (χ1) is 9.97. The predicted molar refractivity (Wildman–Crippen MR) is 82.5 cm³/mol. The van der Waals surface area contributed by atoms with Crippen molar-refractivity contribution in [2.24, 2.45) is 11.7 Å². The van der Waals surface area contributed by atoms with Gasteiger partial charge < -0.3 is 15.8 Å². The van der Waals surface area contributed by atoms with E-state index >= 15 is 0 Å². The molecule has 120 valence electrons. The van der Waals surface area contributed by atoms with Crippen LogP contribution in [0.15, 0.2) is 12.2 Å². The molecule has 1 unspecified atom stereocenters. The monoisotopic (exact) mass is 296 g/mol. The van der Waals surface area contributed by atoms with Gasteiger partial charge in [-0.15, -0.1) is 0 Å². The number of hydrogen-bond donors (Lipinski definition) is 2. The van der Waals surface area contributed by atoms with Crippen molar-refractivity contribution in [1.82, 2.24) is 5.32 Å². The highest BCUT2D eigenvalue weighted by molar-refractivity contribution is 5.89. The van der Waals surface area contributed by atoms with Crippen LogP contribution in [0.1, 0.15) is 52.4 Å². The molecule has 5 heteroatoms. The van der Waals surface area contributed by atoms with E-state index < -0.39 is 11.5 Å². The molecule has 0 spiro atoms. The molecular weight excluding hydrogens is 268 g/mol. The van der Waals surface area contributed by atoms with E-state index in [2.05, 4.69) is 25.2 Å². The molecule has 1 aliphatic carbocycles. The van der Waals surface area contributed by atoms with Crippen LogP contribution in [0.5, 0.6) is 0 Å². The number of allylic oxidation sites excluding steroid dienone is 1. The molecule has 0 aromatic rings. The molecule has 3 N–H and O–H groups in total. The van der Waals surface area contributed by atoms with Gasteiger partial charge in [0.2, 0.25) is 5.91 Å². The van der Waals surface area contributed by atoms with Crippen LogP contribution in [0.3, 0.4) is 0 Å². The van der Waals surface area contributed by atoms with Crippen LogP contribution in [-0.2, 0) is 14.3 Å². The number of methoxy groups -OCH3 is 1. The number of carbonyl (C=O) groups is 2. The Morgan fingerprint density at radius 1 is 1.43 bits per heavy atom. The molecule has 21 heavy (non-hydrogen) atoms. The van der Waals surface area contributed by atoms with E-state index in [0.29, 0.717) is 18.8 Å². The molecule has 0 aliphatic heterocycles. The van der Waals surface area contributed by atoms with E-state index in [1.165, 1.54) is 7.11 Å². The molecule has 1 saturated carbocycles. The third-order valence-corrected chi connectivity index (χ3v) is 4.27. The van der Waals surface area contributed by atoms with Gasteiger partial charge in [-0.25, -0.2) is 4.79 Å². The summed E-state index contributed by atoms with van der Waals surface area (Å²) in [6.45, 7) is 4.26. The van der Waals surface area contributed by atoms with Gasteiger partial charge >= 0.3 is 5.97 Å². The van der Waals surface area contributed by atoms with Gasteiger partial charge in [-0.2, -0.15) is 0 Å². The highest BCUT2D eigenvalue weighted by Gasteiger charge is 2.46. The Hall–Kier alpha value is -1.36. The SMILES string of the molecule is CCC(C=CCC(=O)NC1(C(=O)OC)CC[C@H](N)C1)CC. The minimum atomic E-state index is -0.937. The molecule has 0 aromatic carbocycles. The molecule has 0 saturated heterocycles. The van der Waals surface area contributed by atoms with E-state index in [9.17, 15) is 9.59 Å². The lowest BCUT2D eigenvalue weighted by Gasteiger charge is -2.27. The highest BCUT2D eigenvalue weighted by Crippen LogP contribution is 2.30. The standard InChI is InChI=1S/C16H28N2O3/c1-4-12(5-2)7-6-8-14(19)18-16(15(20)21-3)10-9-13(17)11-16/h6-7,12-13H,4-5,8-11,17H2,1-3H3,(H,18,19)/t13-,16?/m0/s1. The van der Waals surface area contributed by atoms with Crippen molar-refractivity contribution in [3.8, 4) is 0 Å². The highest BCUT2D eigenvalue weighted by atomic mass is 16.5. The van der Waals surface area contributed by atoms with Crippen LogP contribution in [0, 0.1) is 5.92 Å². The third-order valence-electron chi connectivity index (χ3n) is 4.27. The van der Waals surface area contributed by atoms with Gasteiger partial charge in [0.1, 0.15) is 5.54 Å². The number of carbonyl (C=O) groups excluding carboxylic acids is 2. The fraction of sp³-hybridized carbons (Fsp3) is 0.750. The van der Waals surface area contributed by atoms with E-state index in [-0.39, 0.29) is 18.4 Å². The molecule has 0 heterocycles. The molecule has 5 nitrogen and oxygen atoms in total. The van der Waals surface area contributed by atoms with Gasteiger partial charge in [0.25, 0.3) is 0 Å². The van der Waals surface area contributed by atoms with Gasteiger partial charge in [-0.1, -0.05) is 26.0 Å². The number of nitrogens with one attached hydrogen (secondary N) is 1. The first-order valence-electron chi connectivity index (χ1n) is 7.79. The van der Waals surface area contributed by atoms with Crippen LogP contribution in [0.25, 0.3) is 0 Å². The summed E-state index contributed by atoms with van der Waals surface area (Å²) in [5, 5.41) is 2.84. The van der Waals surface area contributed by atoms with Gasteiger partial charge in [-0.3, -0.25) is 4.79 Å². The van der Waals surface area contributed by atoms with Gasteiger partial charge in [0.15, 0.2) is 0 Å². The second-order valence-electron chi connectivity index (χ2n) is 5.83. The van der Waals surface area contributed by atoms with Crippen LogP contribution >= 0.6 is 0 Å². The number of nitrogens with two attached hydrogens (primary N) is 1. The number of rotatable bonds is 7. The fourth-order valence-corrected chi connectivity index (χ4v) is 2.88. The normalized spacial score (nSPS) is 25.5. The average Bonchev–Trinajstić information content (AvgIpc) is 2.85. The summed E-state index contributed by atoms with van der Waals surface area (Å²) >= 11 is 0. The van der Waals surface area contributed by atoms with E-state index in [1.54, 1.807) is 0 Å². The Labute approximate surface area is 127 Å². The lowest BCUT2D eigenvalue weighted by atomic mass is 9.96. The summed E-state index contributed by atoms with van der Waals surface area (Å²) in [6.07, 6.45) is 8.08. The Morgan fingerprint density at radius 3 is 2.57 bits per heavy atom. The maximum absolute atomic E-state index is 12.1. The molecule has 2 atom stereocenters. The largest absolute Gasteiger partial charge is 0.467 e. The quantitative estimate of drug-likeness (QED) is 0.555. The summed E-state index contributed by atoms with van der Waals surface area (Å²) < 4.78 is 4.84.